The predicted molar refractivity (Wildman–Crippen MR) is 58.3 cm³/mol. The van der Waals surface area contributed by atoms with Gasteiger partial charge in [0.25, 0.3) is 0 Å². The Hall–Kier alpha value is 0.180. The summed E-state index contributed by atoms with van der Waals surface area (Å²) in [5.41, 5.74) is 3.19. The largest absolute Gasteiger partial charge is 0.148 e. The number of halogens is 1. The van der Waals surface area contributed by atoms with Crippen LogP contribution in [-0.2, 0) is 12.8 Å². The van der Waals surface area contributed by atoms with Crippen molar-refractivity contribution >= 4 is 27.3 Å². The second kappa shape index (κ2) is 3.51. The Morgan fingerprint density at radius 1 is 1.42 bits per heavy atom. The first-order valence-corrected chi connectivity index (χ1v) is 6.32. The minimum Gasteiger partial charge on any atom is -0.148 e. The van der Waals surface area contributed by atoms with E-state index in [0.29, 0.717) is 4.83 Å². The average Bonchev–Trinajstić information content (AvgIpc) is 2.47. The minimum atomic E-state index is 0.538. The van der Waals surface area contributed by atoms with Crippen LogP contribution in [0.15, 0.2) is 5.38 Å². The molecule has 0 aliphatic heterocycles. The second-order valence-electron chi connectivity index (χ2n) is 3.42. The van der Waals surface area contributed by atoms with Crippen molar-refractivity contribution in [2.75, 3.05) is 0 Å². The summed E-state index contributed by atoms with van der Waals surface area (Å²) in [6, 6.07) is 0. The smallest absolute Gasteiger partial charge is 0.0378 e. The molecule has 1 aliphatic rings. The third-order valence-corrected chi connectivity index (χ3v) is 4.12. The molecule has 1 aromatic rings. The number of hydrogen-bond donors (Lipinski definition) is 0. The molecule has 1 aliphatic carbocycles. The number of rotatable bonds is 1. The van der Waals surface area contributed by atoms with E-state index in [2.05, 4.69) is 28.2 Å². The van der Waals surface area contributed by atoms with Crippen LogP contribution >= 0.6 is 27.3 Å². The first kappa shape index (κ1) is 8.76. The molecule has 0 N–H and O–H groups in total. The van der Waals surface area contributed by atoms with Crippen LogP contribution in [-0.4, -0.2) is 0 Å². The van der Waals surface area contributed by atoms with E-state index in [1.807, 2.05) is 11.3 Å². The van der Waals surface area contributed by atoms with E-state index in [9.17, 15) is 0 Å². The molecule has 0 spiro atoms. The lowest BCUT2D eigenvalue weighted by molar-refractivity contribution is 0.691. The van der Waals surface area contributed by atoms with Gasteiger partial charge in [-0.25, -0.2) is 0 Å². The van der Waals surface area contributed by atoms with Crippen LogP contribution in [0.5, 0.6) is 0 Å². The van der Waals surface area contributed by atoms with Crippen molar-refractivity contribution in [2.45, 2.75) is 37.4 Å². The first-order chi connectivity index (χ1) is 5.79. The van der Waals surface area contributed by atoms with E-state index in [1.54, 1.807) is 10.4 Å². The Kier molecular flexibility index (Phi) is 2.56. The molecule has 0 saturated heterocycles. The van der Waals surface area contributed by atoms with Gasteiger partial charge in [-0.2, -0.15) is 0 Å². The Labute approximate surface area is 86.1 Å². The van der Waals surface area contributed by atoms with Gasteiger partial charge in [-0.05, 0) is 49.1 Å². The summed E-state index contributed by atoms with van der Waals surface area (Å²) in [5, 5.41) is 2.33. The molecule has 2 rings (SSSR count). The van der Waals surface area contributed by atoms with Gasteiger partial charge in [0.2, 0.25) is 0 Å². The minimum absolute atomic E-state index is 0.538. The molecule has 0 bridgehead atoms. The van der Waals surface area contributed by atoms with Crippen molar-refractivity contribution < 1.29 is 0 Å². The van der Waals surface area contributed by atoms with Crippen LogP contribution in [0.4, 0.5) is 0 Å². The quantitative estimate of drug-likeness (QED) is 0.654. The number of fused-ring (bicyclic) bond motifs is 1. The molecule has 0 aromatic carbocycles. The standard InChI is InChI=1S/C10H13BrS/c1-7(11)9-6-12-10-5-3-2-4-8(9)10/h6-7H,2-5H2,1H3. The molecule has 0 radical (unpaired) electrons. The third-order valence-electron chi connectivity index (χ3n) is 2.52. The molecule has 66 valence electrons. The van der Waals surface area contributed by atoms with Crippen LogP contribution in [0.3, 0.4) is 0 Å². The fourth-order valence-corrected chi connectivity index (χ4v) is 3.68. The van der Waals surface area contributed by atoms with Crippen molar-refractivity contribution in [3.05, 3.63) is 21.4 Å². The van der Waals surface area contributed by atoms with Crippen LogP contribution in [0.25, 0.3) is 0 Å². The van der Waals surface area contributed by atoms with Gasteiger partial charge < -0.3 is 0 Å². The topological polar surface area (TPSA) is 0 Å². The molecule has 0 nitrogen and oxygen atoms in total. The Balaban J connectivity index is 2.38. The monoisotopic (exact) mass is 244 g/mol. The maximum absolute atomic E-state index is 3.65. The molecule has 12 heavy (non-hydrogen) atoms. The molecule has 0 saturated carbocycles. The van der Waals surface area contributed by atoms with Crippen molar-refractivity contribution in [3.63, 3.8) is 0 Å². The van der Waals surface area contributed by atoms with Crippen LogP contribution in [0, 0.1) is 0 Å². The van der Waals surface area contributed by atoms with Gasteiger partial charge in [0.15, 0.2) is 0 Å². The SMILES string of the molecule is CC(Br)c1csc2c1CCCC2. The highest BCUT2D eigenvalue weighted by Gasteiger charge is 2.17. The Morgan fingerprint density at radius 2 is 2.17 bits per heavy atom. The fraction of sp³-hybridized carbons (Fsp3) is 0.600. The summed E-state index contributed by atoms with van der Waals surface area (Å²) < 4.78 is 0. The van der Waals surface area contributed by atoms with Gasteiger partial charge in [-0.15, -0.1) is 11.3 Å². The highest BCUT2D eigenvalue weighted by atomic mass is 79.9. The molecular weight excluding hydrogens is 232 g/mol. The Morgan fingerprint density at radius 3 is 2.92 bits per heavy atom. The van der Waals surface area contributed by atoms with E-state index in [-0.39, 0.29) is 0 Å². The molecule has 1 atom stereocenters. The lowest BCUT2D eigenvalue weighted by Crippen LogP contribution is -2.00. The molecule has 1 aromatic heterocycles. The third kappa shape index (κ3) is 1.47. The fourth-order valence-electron chi connectivity index (χ4n) is 1.85. The molecule has 0 fully saturated rings. The van der Waals surface area contributed by atoms with Gasteiger partial charge in [0, 0.05) is 9.70 Å². The summed E-state index contributed by atoms with van der Waals surface area (Å²) in [4.78, 5) is 2.18. The summed E-state index contributed by atoms with van der Waals surface area (Å²) >= 11 is 5.60. The highest BCUT2D eigenvalue weighted by molar-refractivity contribution is 9.09. The first-order valence-electron chi connectivity index (χ1n) is 4.52. The van der Waals surface area contributed by atoms with Gasteiger partial charge in [0.1, 0.15) is 0 Å². The number of hydrogen-bond acceptors (Lipinski definition) is 1. The van der Waals surface area contributed by atoms with E-state index in [0.717, 1.165) is 0 Å². The summed E-state index contributed by atoms with van der Waals surface area (Å²) in [6.45, 7) is 2.22. The van der Waals surface area contributed by atoms with Crippen molar-refractivity contribution in [2.24, 2.45) is 0 Å². The predicted octanol–water partition coefficient (Wildman–Crippen LogP) is 4.08. The lowest BCUT2D eigenvalue weighted by Gasteiger charge is -2.13. The van der Waals surface area contributed by atoms with E-state index >= 15 is 0 Å². The van der Waals surface area contributed by atoms with Gasteiger partial charge in [-0.1, -0.05) is 15.9 Å². The lowest BCUT2D eigenvalue weighted by atomic mass is 9.95. The van der Waals surface area contributed by atoms with E-state index in [1.165, 1.54) is 31.2 Å². The number of alkyl halides is 1. The molecule has 0 amide bonds. The summed E-state index contributed by atoms with van der Waals surface area (Å²) in [7, 11) is 0. The zero-order valence-corrected chi connectivity index (χ0v) is 9.67. The molecule has 1 heterocycles. The number of thiophene rings is 1. The Bertz CT molecular complexity index is 275. The van der Waals surface area contributed by atoms with Crippen molar-refractivity contribution in [3.8, 4) is 0 Å². The van der Waals surface area contributed by atoms with E-state index < -0.39 is 0 Å². The molecule has 1 unspecified atom stereocenters. The van der Waals surface area contributed by atoms with E-state index in [4.69, 9.17) is 0 Å². The van der Waals surface area contributed by atoms with Crippen LogP contribution < -0.4 is 0 Å². The van der Waals surface area contributed by atoms with Crippen molar-refractivity contribution in [1.82, 2.24) is 0 Å². The van der Waals surface area contributed by atoms with Crippen LogP contribution in [0.1, 0.15) is 40.6 Å². The molecular formula is C10H13BrS. The normalized spacial score (nSPS) is 18.8. The van der Waals surface area contributed by atoms with Gasteiger partial charge in [0.05, 0.1) is 0 Å². The summed E-state index contributed by atoms with van der Waals surface area (Å²) in [6.07, 6.45) is 5.41. The van der Waals surface area contributed by atoms with Gasteiger partial charge in [-0.3, -0.25) is 0 Å². The maximum Gasteiger partial charge on any atom is 0.0378 e. The van der Waals surface area contributed by atoms with Gasteiger partial charge >= 0.3 is 0 Å². The highest BCUT2D eigenvalue weighted by Crippen LogP contribution is 2.36. The zero-order chi connectivity index (χ0) is 8.55. The average molecular weight is 245 g/mol. The van der Waals surface area contributed by atoms with Crippen LogP contribution in [0.2, 0.25) is 0 Å². The zero-order valence-electron chi connectivity index (χ0n) is 7.27. The molecule has 2 heteroatoms. The maximum atomic E-state index is 3.65. The van der Waals surface area contributed by atoms with Crippen molar-refractivity contribution in [1.29, 1.82) is 0 Å². The summed E-state index contributed by atoms with van der Waals surface area (Å²) in [5.74, 6) is 0. The number of aryl methyl sites for hydroxylation is 1. The second-order valence-corrected chi connectivity index (χ2v) is 5.75.